The van der Waals surface area contributed by atoms with Crippen LogP contribution in [0, 0.1) is 12.7 Å². The summed E-state index contributed by atoms with van der Waals surface area (Å²) in [6.07, 6.45) is 0. The number of anilines is 5. The molecule has 0 atom stereocenters. The van der Waals surface area contributed by atoms with E-state index in [1.807, 2.05) is 43.3 Å². The molecule has 1 heterocycles. The molecule has 154 valence electrons. The number of nitrogens with zero attached hydrogens (tertiary/aromatic N) is 2. The third kappa shape index (κ3) is 5.22. The summed E-state index contributed by atoms with van der Waals surface area (Å²) >= 11 is 0. The molecule has 4 aromatic rings. The average Bonchev–Trinajstić information content (AvgIpc) is 2.76. The Hall–Kier alpha value is -4.26. The first-order valence-electron chi connectivity index (χ1n) is 9.67. The molecule has 3 aromatic carbocycles. The fourth-order valence-electron chi connectivity index (χ4n) is 2.97. The Morgan fingerprint density at radius 3 is 2.16 bits per heavy atom. The maximum absolute atomic E-state index is 13.8. The van der Waals surface area contributed by atoms with Gasteiger partial charge in [0.15, 0.2) is 0 Å². The molecule has 1 aromatic heterocycles. The minimum atomic E-state index is -0.560. The van der Waals surface area contributed by atoms with Gasteiger partial charge in [0.1, 0.15) is 11.6 Å². The van der Waals surface area contributed by atoms with Crippen molar-refractivity contribution in [2.45, 2.75) is 6.92 Å². The first-order chi connectivity index (χ1) is 15.1. The van der Waals surface area contributed by atoms with E-state index in [0.29, 0.717) is 17.5 Å². The summed E-state index contributed by atoms with van der Waals surface area (Å²) in [6, 6.07) is 24.5. The molecule has 7 heteroatoms. The van der Waals surface area contributed by atoms with Gasteiger partial charge in [-0.15, -0.1) is 0 Å². The average molecular weight is 413 g/mol. The zero-order valence-corrected chi connectivity index (χ0v) is 16.8. The number of carbonyl (C=O) groups excluding carboxylic acids is 1. The number of halogens is 1. The monoisotopic (exact) mass is 413 g/mol. The molecule has 0 aliphatic carbocycles. The highest BCUT2D eigenvalue weighted by Crippen LogP contribution is 2.21. The van der Waals surface area contributed by atoms with Gasteiger partial charge >= 0.3 is 0 Å². The van der Waals surface area contributed by atoms with Gasteiger partial charge in [0.05, 0.1) is 5.56 Å². The zero-order valence-electron chi connectivity index (χ0n) is 16.8. The molecule has 3 N–H and O–H groups in total. The molecule has 1 amide bonds. The van der Waals surface area contributed by atoms with Crippen molar-refractivity contribution in [3.63, 3.8) is 0 Å². The van der Waals surface area contributed by atoms with Crippen molar-refractivity contribution in [2.75, 3.05) is 16.0 Å². The predicted molar refractivity (Wildman–Crippen MR) is 121 cm³/mol. The highest BCUT2D eigenvalue weighted by molar-refractivity contribution is 6.04. The van der Waals surface area contributed by atoms with Gasteiger partial charge in [-0.1, -0.05) is 30.3 Å². The Balaban J connectivity index is 1.44. The van der Waals surface area contributed by atoms with E-state index in [2.05, 4.69) is 25.9 Å². The minimum absolute atomic E-state index is 0.00342. The summed E-state index contributed by atoms with van der Waals surface area (Å²) in [5, 5.41) is 9.10. The molecule has 0 unspecified atom stereocenters. The number of carbonyl (C=O) groups is 1. The van der Waals surface area contributed by atoms with Crippen LogP contribution in [0.3, 0.4) is 0 Å². The van der Waals surface area contributed by atoms with Gasteiger partial charge in [-0.2, -0.15) is 4.98 Å². The second-order valence-electron chi connectivity index (χ2n) is 6.85. The number of hydrogen-bond acceptors (Lipinski definition) is 5. The fraction of sp³-hybridized carbons (Fsp3) is 0.0417. The number of para-hydroxylation sites is 1. The maximum atomic E-state index is 13.8. The highest BCUT2D eigenvalue weighted by Gasteiger charge is 2.11. The first-order valence-corrected chi connectivity index (χ1v) is 9.67. The second kappa shape index (κ2) is 9.04. The molecule has 0 spiro atoms. The van der Waals surface area contributed by atoms with Crippen LogP contribution in [0.2, 0.25) is 0 Å². The molecule has 31 heavy (non-hydrogen) atoms. The number of nitrogens with one attached hydrogen (secondary N) is 3. The smallest absolute Gasteiger partial charge is 0.258 e. The van der Waals surface area contributed by atoms with Gasteiger partial charge in [0.2, 0.25) is 5.95 Å². The van der Waals surface area contributed by atoms with Crippen LogP contribution < -0.4 is 16.0 Å². The predicted octanol–water partition coefficient (Wildman–Crippen LogP) is 5.66. The van der Waals surface area contributed by atoms with E-state index in [-0.39, 0.29) is 5.56 Å². The van der Waals surface area contributed by atoms with Crippen molar-refractivity contribution in [1.29, 1.82) is 0 Å². The molecule has 0 saturated carbocycles. The van der Waals surface area contributed by atoms with Crippen LogP contribution in [0.4, 0.5) is 33.2 Å². The molecule has 0 bridgehead atoms. The SMILES string of the molecule is Cc1cc(Nc2ccccc2)nc(Nc2ccc(NC(=O)c3ccccc3F)cc2)n1. The lowest BCUT2D eigenvalue weighted by atomic mass is 10.2. The van der Waals surface area contributed by atoms with E-state index in [0.717, 1.165) is 17.1 Å². The van der Waals surface area contributed by atoms with Crippen molar-refractivity contribution in [3.05, 3.63) is 102 Å². The summed E-state index contributed by atoms with van der Waals surface area (Å²) in [4.78, 5) is 21.2. The van der Waals surface area contributed by atoms with Crippen molar-refractivity contribution in [2.24, 2.45) is 0 Å². The van der Waals surface area contributed by atoms with E-state index >= 15 is 0 Å². The Bertz CT molecular complexity index is 1200. The number of hydrogen-bond donors (Lipinski definition) is 3. The molecule has 0 aliphatic rings. The topological polar surface area (TPSA) is 78.9 Å². The van der Waals surface area contributed by atoms with Gasteiger partial charge in [-0.05, 0) is 55.5 Å². The van der Waals surface area contributed by atoms with E-state index in [4.69, 9.17) is 0 Å². The van der Waals surface area contributed by atoms with Crippen molar-refractivity contribution in [1.82, 2.24) is 9.97 Å². The Morgan fingerprint density at radius 1 is 0.774 bits per heavy atom. The number of aryl methyl sites for hydroxylation is 1. The van der Waals surface area contributed by atoms with E-state index in [1.54, 1.807) is 36.4 Å². The normalized spacial score (nSPS) is 10.4. The van der Waals surface area contributed by atoms with E-state index in [1.165, 1.54) is 12.1 Å². The number of amides is 1. The summed E-state index contributed by atoms with van der Waals surface area (Å²) in [5.41, 5.74) is 3.04. The fourth-order valence-corrected chi connectivity index (χ4v) is 2.97. The van der Waals surface area contributed by atoms with Crippen LogP contribution in [-0.2, 0) is 0 Å². The highest BCUT2D eigenvalue weighted by atomic mass is 19.1. The second-order valence-corrected chi connectivity index (χ2v) is 6.85. The van der Waals surface area contributed by atoms with Crippen LogP contribution in [0.25, 0.3) is 0 Å². The van der Waals surface area contributed by atoms with Gasteiger partial charge in [0, 0.05) is 28.8 Å². The third-order valence-electron chi connectivity index (χ3n) is 4.42. The Kier molecular flexibility index (Phi) is 5.84. The number of aromatic nitrogens is 2. The number of rotatable bonds is 6. The molecular weight excluding hydrogens is 393 g/mol. The lowest BCUT2D eigenvalue weighted by Crippen LogP contribution is -2.13. The quantitative estimate of drug-likeness (QED) is 0.380. The molecule has 0 radical (unpaired) electrons. The summed E-state index contributed by atoms with van der Waals surface area (Å²) < 4.78 is 13.8. The van der Waals surface area contributed by atoms with Gasteiger partial charge < -0.3 is 16.0 Å². The molecule has 4 rings (SSSR count). The van der Waals surface area contributed by atoms with Crippen LogP contribution in [0.1, 0.15) is 16.1 Å². The van der Waals surface area contributed by atoms with Crippen LogP contribution >= 0.6 is 0 Å². The standard InChI is InChI=1S/C24H20FN5O/c1-16-15-22(27-17-7-3-2-4-8-17)30-24(26-16)29-19-13-11-18(12-14-19)28-23(31)20-9-5-6-10-21(20)25/h2-15H,1H3,(H,28,31)(H2,26,27,29,30). The molecule has 0 fully saturated rings. The Morgan fingerprint density at radius 2 is 1.42 bits per heavy atom. The maximum Gasteiger partial charge on any atom is 0.258 e. The van der Waals surface area contributed by atoms with E-state index in [9.17, 15) is 9.18 Å². The molecule has 0 aliphatic heterocycles. The van der Waals surface area contributed by atoms with Gasteiger partial charge in [-0.25, -0.2) is 9.37 Å². The van der Waals surface area contributed by atoms with Crippen molar-refractivity contribution in [3.8, 4) is 0 Å². The van der Waals surface area contributed by atoms with Crippen LogP contribution in [0.5, 0.6) is 0 Å². The third-order valence-corrected chi connectivity index (χ3v) is 4.42. The van der Waals surface area contributed by atoms with Crippen LogP contribution in [-0.4, -0.2) is 15.9 Å². The van der Waals surface area contributed by atoms with Crippen molar-refractivity contribution >= 4 is 34.7 Å². The summed E-state index contributed by atoms with van der Waals surface area (Å²) in [6.45, 7) is 1.89. The summed E-state index contributed by atoms with van der Waals surface area (Å²) in [7, 11) is 0. The lowest BCUT2D eigenvalue weighted by Gasteiger charge is -2.11. The molecular formula is C24H20FN5O. The zero-order chi connectivity index (χ0) is 21.6. The molecule has 6 nitrogen and oxygen atoms in total. The minimum Gasteiger partial charge on any atom is -0.340 e. The van der Waals surface area contributed by atoms with Crippen molar-refractivity contribution < 1.29 is 9.18 Å². The van der Waals surface area contributed by atoms with Crippen LogP contribution in [0.15, 0.2) is 84.9 Å². The summed E-state index contributed by atoms with van der Waals surface area (Å²) in [5.74, 6) is 0.0591. The first kappa shape index (κ1) is 20.0. The lowest BCUT2D eigenvalue weighted by molar-refractivity contribution is 0.102. The largest absolute Gasteiger partial charge is 0.340 e. The van der Waals surface area contributed by atoms with E-state index < -0.39 is 11.7 Å². The number of benzene rings is 3. The van der Waals surface area contributed by atoms with Gasteiger partial charge in [-0.3, -0.25) is 4.79 Å². The molecule has 0 saturated heterocycles. The Labute approximate surface area is 179 Å². The van der Waals surface area contributed by atoms with Gasteiger partial charge in [0.25, 0.3) is 5.91 Å².